The largest absolute Gasteiger partial charge is 0.498 e. The third kappa shape index (κ3) is 35.8. The van der Waals surface area contributed by atoms with Crippen molar-refractivity contribution >= 4 is 19.6 Å². The van der Waals surface area contributed by atoms with E-state index in [0.717, 1.165) is 64.2 Å². The summed E-state index contributed by atoms with van der Waals surface area (Å²) in [6, 6.07) is 0. The van der Waals surface area contributed by atoms with Gasteiger partial charge in [0.15, 0.2) is 11.9 Å². The van der Waals surface area contributed by atoms with Gasteiger partial charge in [0.2, 0.25) is 0 Å². The molecule has 0 amide bonds. The van der Waals surface area contributed by atoms with Crippen molar-refractivity contribution in [1.82, 2.24) is 0 Å². The molecular formula is C39H72NO8P. The minimum absolute atomic E-state index is 0.00724. The first-order valence-electron chi connectivity index (χ1n) is 19.5. The van der Waals surface area contributed by atoms with Gasteiger partial charge in [-0.15, -0.1) is 0 Å². The van der Waals surface area contributed by atoms with Crippen molar-refractivity contribution < 1.29 is 37.6 Å². The van der Waals surface area contributed by atoms with Crippen molar-refractivity contribution in [1.29, 1.82) is 0 Å². The Hall–Kier alpha value is -1.77. The van der Waals surface area contributed by atoms with Crippen LogP contribution < -0.4 is 5.73 Å². The number of ether oxygens (including phenoxy) is 2. The van der Waals surface area contributed by atoms with Crippen LogP contribution in [0.5, 0.6) is 0 Å². The molecule has 2 atom stereocenters. The van der Waals surface area contributed by atoms with Crippen molar-refractivity contribution in [2.24, 2.45) is 5.73 Å². The van der Waals surface area contributed by atoms with Gasteiger partial charge in [0, 0.05) is 19.4 Å². The zero-order chi connectivity index (χ0) is 36.1. The lowest BCUT2D eigenvalue weighted by Crippen LogP contribution is -2.27. The number of phosphoric acid groups is 1. The molecule has 0 rings (SSSR count). The minimum Gasteiger partial charge on any atom is -0.498 e. The van der Waals surface area contributed by atoms with Crippen LogP contribution in [0.2, 0.25) is 0 Å². The maximum absolute atomic E-state index is 12.5. The molecule has 0 saturated carbocycles. The summed E-state index contributed by atoms with van der Waals surface area (Å²) in [5, 5.41) is 0. The Balaban J connectivity index is 4.21. The van der Waals surface area contributed by atoms with Crippen LogP contribution in [0.15, 0.2) is 36.6 Å². The maximum Gasteiger partial charge on any atom is 0.472 e. The fourth-order valence-corrected chi connectivity index (χ4v) is 5.94. The lowest BCUT2D eigenvalue weighted by Gasteiger charge is -2.19. The SMILES string of the molecule is CCCCCCCCCCCCCC/C=C/OC[C@H](COP(=O)(O)OCCN)OC(=O)CCCCCCC/C=C\C=C\C(=O)CCCCC. The van der Waals surface area contributed by atoms with E-state index in [1.54, 1.807) is 12.3 Å². The second-order valence-corrected chi connectivity index (χ2v) is 14.4. The molecule has 10 heteroatoms. The van der Waals surface area contributed by atoms with Crippen molar-refractivity contribution in [3.05, 3.63) is 36.6 Å². The molecule has 0 heterocycles. The first-order valence-corrected chi connectivity index (χ1v) is 21.0. The number of carbonyl (C=O) groups is 2. The second kappa shape index (κ2) is 36.0. The van der Waals surface area contributed by atoms with Crippen LogP contribution in [-0.4, -0.2) is 49.1 Å². The van der Waals surface area contributed by atoms with Crippen LogP contribution in [0.4, 0.5) is 0 Å². The van der Waals surface area contributed by atoms with E-state index < -0.39 is 19.9 Å². The topological polar surface area (TPSA) is 134 Å². The highest BCUT2D eigenvalue weighted by atomic mass is 31.2. The number of phosphoric ester groups is 1. The molecule has 0 aliphatic heterocycles. The van der Waals surface area contributed by atoms with E-state index in [9.17, 15) is 19.0 Å². The molecule has 0 radical (unpaired) electrons. The Morgan fingerprint density at radius 1 is 0.673 bits per heavy atom. The van der Waals surface area contributed by atoms with Gasteiger partial charge in [-0.3, -0.25) is 18.6 Å². The van der Waals surface area contributed by atoms with Crippen LogP contribution in [0.25, 0.3) is 0 Å². The second-order valence-electron chi connectivity index (χ2n) is 12.9. The molecule has 0 aromatic rings. The molecule has 49 heavy (non-hydrogen) atoms. The van der Waals surface area contributed by atoms with Gasteiger partial charge in [0.05, 0.1) is 19.5 Å². The predicted octanol–water partition coefficient (Wildman–Crippen LogP) is 10.6. The summed E-state index contributed by atoms with van der Waals surface area (Å²) in [5.74, 6) is -0.211. The van der Waals surface area contributed by atoms with Crippen LogP contribution in [0.1, 0.15) is 168 Å². The molecule has 3 N–H and O–H groups in total. The number of carbonyl (C=O) groups excluding carboxylic acids is 2. The highest BCUT2D eigenvalue weighted by Crippen LogP contribution is 2.43. The minimum atomic E-state index is -4.31. The number of hydrogen-bond acceptors (Lipinski definition) is 8. The molecule has 286 valence electrons. The van der Waals surface area contributed by atoms with Gasteiger partial charge >= 0.3 is 13.8 Å². The summed E-state index contributed by atoms with van der Waals surface area (Å²) >= 11 is 0. The number of ketones is 1. The molecule has 0 bridgehead atoms. The van der Waals surface area contributed by atoms with E-state index in [0.29, 0.717) is 12.8 Å². The lowest BCUT2D eigenvalue weighted by atomic mass is 10.0. The van der Waals surface area contributed by atoms with Gasteiger partial charge < -0.3 is 20.1 Å². The first kappa shape index (κ1) is 47.2. The Kier molecular flexibility index (Phi) is 34.7. The molecule has 0 aromatic carbocycles. The molecule has 0 spiro atoms. The number of allylic oxidation sites excluding steroid dienone is 5. The van der Waals surface area contributed by atoms with E-state index in [-0.39, 0.29) is 38.6 Å². The summed E-state index contributed by atoms with van der Waals surface area (Å²) in [5.41, 5.74) is 5.34. The monoisotopic (exact) mass is 713 g/mol. The van der Waals surface area contributed by atoms with Gasteiger partial charge in [0.1, 0.15) is 6.61 Å². The fourth-order valence-electron chi connectivity index (χ4n) is 5.18. The molecule has 0 fully saturated rings. The normalized spacial score (nSPS) is 13.8. The van der Waals surface area contributed by atoms with E-state index >= 15 is 0 Å². The summed E-state index contributed by atoms with van der Waals surface area (Å²) in [7, 11) is -4.31. The van der Waals surface area contributed by atoms with Crippen LogP contribution >= 0.6 is 7.82 Å². The number of esters is 1. The quantitative estimate of drug-likeness (QED) is 0.0161. The van der Waals surface area contributed by atoms with Gasteiger partial charge in [-0.05, 0) is 50.7 Å². The molecule has 0 saturated heterocycles. The van der Waals surface area contributed by atoms with Gasteiger partial charge in [-0.2, -0.15) is 0 Å². The highest BCUT2D eigenvalue weighted by molar-refractivity contribution is 7.47. The van der Waals surface area contributed by atoms with Crippen LogP contribution in [0.3, 0.4) is 0 Å². The van der Waals surface area contributed by atoms with Gasteiger partial charge in [0.25, 0.3) is 0 Å². The molecular weight excluding hydrogens is 641 g/mol. The standard InChI is InChI=1S/C39H72NO8P/c1-3-5-7-8-9-10-11-12-13-14-18-21-24-28-33-45-35-38(36-47-49(43,44)46-34-32-40)48-39(42)31-27-23-20-17-15-16-19-22-26-30-37(41)29-25-6-4-2/h19,22,26,28,30,33,38H,3-18,20-21,23-25,27,29,31-32,34-36,40H2,1-2H3,(H,43,44)/b22-19-,30-26+,33-28+/t38-/m1/s1. The summed E-state index contributed by atoms with van der Waals surface area (Å²) in [6.07, 6.45) is 36.6. The number of hydrogen-bond donors (Lipinski definition) is 2. The summed E-state index contributed by atoms with van der Waals surface area (Å²) in [6.45, 7) is 4.02. The van der Waals surface area contributed by atoms with Gasteiger partial charge in [-0.25, -0.2) is 4.57 Å². The Bertz CT molecular complexity index is 907. The first-order chi connectivity index (χ1) is 23.8. The highest BCUT2D eigenvalue weighted by Gasteiger charge is 2.25. The van der Waals surface area contributed by atoms with Crippen molar-refractivity contribution in [2.45, 2.75) is 174 Å². The summed E-state index contributed by atoms with van der Waals surface area (Å²) in [4.78, 5) is 34.1. The average Bonchev–Trinajstić information content (AvgIpc) is 3.08. The molecule has 0 aromatic heterocycles. The van der Waals surface area contributed by atoms with E-state index in [1.165, 1.54) is 70.6 Å². The van der Waals surface area contributed by atoms with E-state index in [4.69, 9.17) is 24.3 Å². The summed E-state index contributed by atoms with van der Waals surface area (Å²) < 4.78 is 33.0. The number of rotatable bonds is 37. The number of nitrogens with two attached hydrogens (primary N) is 1. The molecule has 1 unspecified atom stereocenters. The van der Waals surface area contributed by atoms with Crippen LogP contribution in [-0.2, 0) is 32.7 Å². The van der Waals surface area contributed by atoms with E-state index in [2.05, 4.69) is 19.9 Å². The smallest absolute Gasteiger partial charge is 0.472 e. The van der Waals surface area contributed by atoms with Gasteiger partial charge in [-0.1, -0.05) is 135 Å². The van der Waals surface area contributed by atoms with Crippen LogP contribution in [0, 0.1) is 0 Å². The van der Waals surface area contributed by atoms with Crippen molar-refractivity contribution in [3.8, 4) is 0 Å². The molecule has 0 aliphatic carbocycles. The van der Waals surface area contributed by atoms with Crippen molar-refractivity contribution in [3.63, 3.8) is 0 Å². The molecule has 9 nitrogen and oxygen atoms in total. The van der Waals surface area contributed by atoms with Crippen molar-refractivity contribution in [2.75, 3.05) is 26.4 Å². The average molecular weight is 714 g/mol. The zero-order valence-electron chi connectivity index (χ0n) is 31.2. The Morgan fingerprint density at radius 2 is 1.20 bits per heavy atom. The number of unbranched alkanes of at least 4 members (excludes halogenated alkanes) is 19. The lowest BCUT2D eigenvalue weighted by molar-refractivity contribution is -0.153. The third-order valence-electron chi connectivity index (χ3n) is 8.10. The maximum atomic E-state index is 12.5. The predicted molar refractivity (Wildman–Crippen MR) is 201 cm³/mol. The zero-order valence-corrected chi connectivity index (χ0v) is 32.1. The Morgan fingerprint density at radius 3 is 1.82 bits per heavy atom. The fraction of sp³-hybridized carbons (Fsp3) is 0.795. The molecule has 0 aliphatic rings. The van der Waals surface area contributed by atoms with E-state index in [1.807, 2.05) is 18.2 Å². The third-order valence-corrected chi connectivity index (χ3v) is 9.08. The Labute approximate surface area is 299 Å².